The van der Waals surface area contributed by atoms with Gasteiger partial charge in [-0.1, -0.05) is 49.4 Å². The lowest BCUT2D eigenvalue weighted by molar-refractivity contribution is 0.354. The summed E-state index contributed by atoms with van der Waals surface area (Å²) in [6, 6.07) is 19.6. The van der Waals surface area contributed by atoms with Crippen molar-refractivity contribution in [3.05, 3.63) is 66.0 Å². The molecule has 1 aromatic heterocycles. The monoisotopic (exact) mass is 373 g/mol. The van der Waals surface area contributed by atoms with Crippen LogP contribution in [0.25, 0.3) is 11.4 Å². The first kappa shape index (κ1) is 17.4. The number of hydrogen-bond acceptors (Lipinski definition) is 4. The van der Waals surface area contributed by atoms with Crippen molar-refractivity contribution in [3.8, 4) is 11.4 Å². The van der Waals surface area contributed by atoms with Gasteiger partial charge in [-0.2, -0.15) is 0 Å². The van der Waals surface area contributed by atoms with Crippen molar-refractivity contribution >= 4 is 5.69 Å². The third-order valence-corrected chi connectivity index (χ3v) is 6.23. The fourth-order valence-electron chi connectivity index (χ4n) is 4.53. The number of benzene rings is 2. The van der Waals surface area contributed by atoms with E-state index in [1.165, 1.54) is 30.8 Å². The molecule has 1 atom stereocenters. The second-order valence-corrected chi connectivity index (χ2v) is 7.85. The lowest BCUT2D eigenvalue weighted by Crippen LogP contribution is -2.34. The van der Waals surface area contributed by atoms with Crippen LogP contribution in [0.1, 0.15) is 30.7 Å². The van der Waals surface area contributed by atoms with Gasteiger partial charge in [0, 0.05) is 30.9 Å². The third kappa shape index (κ3) is 3.20. The summed E-state index contributed by atoms with van der Waals surface area (Å²) >= 11 is 0. The summed E-state index contributed by atoms with van der Waals surface area (Å²) in [4.78, 5) is 4.95. The molecule has 0 saturated carbocycles. The van der Waals surface area contributed by atoms with Crippen molar-refractivity contribution in [2.75, 3.05) is 31.1 Å². The quantitative estimate of drug-likeness (QED) is 0.698. The maximum atomic E-state index is 4.47. The van der Waals surface area contributed by atoms with E-state index in [1.807, 2.05) is 6.07 Å². The van der Waals surface area contributed by atoms with Crippen LogP contribution in [0.3, 0.4) is 0 Å². The van der Waals surface area contributed by atoms with Crippen molar-refractivity contribution in [1.82, 2.24) is 19.7 Å². The molecule has 5 nitrogen and oxygen atoms in total. The number of likely N-dealkylation sites (N-methyl/N-ethyl adjacent to an activating group) is 1. The Morgan fingerprint density at radius 1 is 0.929 bits per heavy atom. The molecule has 0 aliphatic carbocycles. The highest BCUT2D eigenvalue weighted by atomic mass is 15.3. The molecule has 2 aliphatic rings. The van der Waals surface area contributed by atoms with Crippen LogP contribution in [-0.2, 0) is 13.1 Å². The van der Waals surface area contributed by atoms with Gasteiger partial charge in [0.15, 0.2) is 11.6 Å². The molecule has 1 unspecified atom stereocenters. The Labute approximate surface area is 166 Å². The van der Waals surface area contributed by atoms with Crippen LogP contribution in [0.15, 0.2) is 54.6 Å². The second-order valence-electron chi connectivity index (χ2n) is 7.85. The minimum Gasteiger partial charge on any atom is -0.362 e. The molecule has 5 rings (SSSR count). The summed E-state index contributed by atoms with van der Waals surface area (Å²) in [5, 5.41) is 8.93. The van der Waals surface area contributed by atoms with Crippen molar-refractivity contribution in [2.24, 2.45) is 0 Å². The van der Waals surface area contributed by atoms with E-state index in [9.17, 15) is 0 Å². The number of likely N-dealkylation sites (tertiary alicyclic amines) is 1. The average Bonchev–Trinajstić information content (AvgIpc) is 3.41. The average molecular weight is 374 g/mol. The molecule has 1 saturated heterocycles. The van der Waals surface area contributed by atoms with E-state index in [4.69, 9.17) is 0 Å². The van der Waals surface area contributed by atoms with E-state index in [0.29, 0.717) is 5.92 Å². The van der Waals surface area contributed by atoms with Crippen molar-refractivity contribution in [1.29, 1.82) is 0 Å². The summed E-state index contributed by atoms with van der Waals surface area (Å²) in [6.07, 6.45) is 1.28. The first-order valence-electron chi connectivity index (χ1n) is 10.4. The first-order valence-corrected chi connectivity index (χ1v) is 10.4. The highest BCUT2D eigenvalue weighted by Gasteiger charge is 2.24. The molecule has 3 aromatic rings. The van der Waals surface area contributed by atoms with E-state index in [0.717, 1.165) is 43.4 Å². The molecule has 2 aliphatic heterocycles. The number of rotatable bonds is 4. The zero-order valence-corrected chi connectivity index (χ0v) is 16.5. The maximum absolute atomic E-state index is 4.47. The molecular weight excluding hydrogens is 346 g/mol. The van der Waals surface area contributed by atoms with Gasteiger partial charge in [0.05, 0.1) is 6.54 Å². The molecule has 2 aromatic carbocycles. The Morgan fingerprint density at radius 2 is 1.75 bits per heavy atom. The van der Waals surface area contributed by atoms with Crippen molar-refractivity contribution < 1.29 is 0 Å². The molecule has 1 fully saturated rings. The summed E-state index contributed by atoms with van der Waals surface area (Å²) in [7, 11) is 0. The van der Waals surface area contributed by atoms with Crippen molar-refractivity contribution in [3.63, 3.8) is 0 Å². The maximum Gasteiger partial charge on any atom is 0.164 e. The van der Waals surface area contributed by atoms with Gasteiger partial charge in [-0.25, -0.2) is 0 Å². The topological polar surface area (TPSA) is 37.2 Å². The van der Waals surface area contributed by atoms with Gasteiger partial charge < -0.3 is 14.4 Å². The van der Waals surface area contributed by atoms with E-state index in [1.54, 1.807) is 0 Å². The third-order valence-electron chi connectivity index (χ3n) is 6.23. The first-order chi connectivity index (χ1) is 13.8. The zero-order valence-electron chi connectivity index (χ0n) is 16.5. The van der Waals surface area contributed by atoms with Gasteiger partial charge in [-0.15, -0.1) is 10.2 Å². The predicted octanol–water partition coefficient (Wildman–Crippen LogP) is 3.77. The SMILES string of the molecule is CCN1CCC(c2ccc(N3CCn4c(nnc4-c4ccccc4)C3)cc2)C1. The van der Waals surface area contributed by atoms with Crippen LogP contribution < -0.4 is 4.90 Å². The van der Waals surface area contributed by atoms with Crippen LogP contribution in [-0.4, -0.2) is 45.8 Å². The highest BCUT2D eigenvalue weighted by molar-refractivity contribution is 5.56. The van der Waals surface area contributed by atoms with Gasteiger partial charge in [-0.05, 0) is 43.1 Å². The molecule has 28 heavy (non-hydrogen) atoms. The standard InChI is InChI=1S/C23H27N5/c1-2-26-13-12-20(16-26)18-8-10-21(11-9-18)27-14-15-28-22(17-27)24-25-23(28)19-6-4-3-5-7-19/h3-11,20H,2,12-17H2,1H3. The summed E-state index contributed by atoms with van der Waals surface area (Å²) in [5.41, 5.74) is 3.90. The van der Waals surface area contributed by atoms with E-state index in [2.05, 4.69) is 80.0 Å². The number of fused-ring (bicyclic) bond motifs is 1. The fraction of sp³-hybridized carbons (Fsp3) is 0.391. The highest BCUT2D eigenvalue weighted by Crippen LogP contribution is 2.30. The molecule has 5 heteroatoms. The smallest absolute Gasteiger partial charge is 0.164 e. The van der Waals surface area contributed by atoms with E-state index >= 15 is 0 Å². The molecule has 0 N–H and O–H groups in total. The second kappa shape index (κ2) is 7.40. The van der Waals surface area contributed by atoms with E-state index < -0.39 is 0 Å². The number of nitrogens with zero attached hydrogens (tertiary/aromatic N) is 5. The van der Waals surface area contributed by atoms with Crippen LogP contribution in [0.5, 0.6) is 0 Å². The fourth-order valence-corrected chi connectivity index (χ4v) is 4.53. The number of hydrogen-bond donors (Lipinski definition) is 0. The predicted molar refractivity (Wildman–Crippen MR) is 112 cm³/mol. The van der Waals surface area contributed by atoms with Gasteiger partial charge in [0.25, 0.3) is 0 Å². The van der Waals surface area contributed by atoms with Gasteiger partial charge >= 0.3 is 0 Å². The molecule has 3 heterocycles. The number of aromatic nitrogens is 3. The molecule has 0 amide bonds. The molecule has 0 bridgehead atoms. The number of anilines is 1. The molecule has 0 spiro atoms. The largest absolute Gasteiger partial charge is 0.362 e. The van der Waals surface area contributed by atoms with Crippen molar-refractivity contribution in [2.45, 2.75) is 32.4 Å². The van der Waals surface area contributed by atoms with Gasteiger partial charge in [-0.3, -0.25) is 0 Å². The normalized spacial score (nSPS) is 19.8. The summed E-state index contributed by atoms with van der Waals surface area (Å²) in [5.74, 6) is 2.71. The molecule has 0 radical (unpaired) electrons. The Morgan fingerprint density at radius 3 is 2.50 bits per heavy atom. The Bertz CT molecular complexity index is 931. The summed E-state index contributed by atoms with van der Waals surface area (Å²) in [6.45, 7) is 8.56. The summed E-state index contributed by atoms with van der Waals surface area (Å²) < 4.78 is 2.26. The van der Waals surface area contributed by atoms with Crippen LogP contribution in [0.2, 0.25) is 0 Å². The van der Waals surface area contributed by atoms with Crippen LogP contribution in [0, 0.1) is 0 Å². The van der Waals surface area contributed by atoms with Gasteiger partial charge in [0.2, 0.25) is 0 Å². The molecule has 144 valence electrons. The Hall–Kier alpha value is -2.66. The lowest BCUT2D eigenvalue weighted by Gasteiger charge is -2.30. The van der Waals surface area contributed by atoms with Crippen LogP contribution >= 0.6 is 0 Å². The minimum absolute atomic E-state index is 0.687. The Balaban J connectivity index is 1.31. The minimum atomic E-state index is 0.687. The van der Waals surface area contributed by atoms with Crippen LogP contribution in [0.4, 0.5) is 5.69 Å². The lowest BCUT2D eigenvalue weighted by atomic mass is 9.98. The van der Waals surface area contributed by atoms with E-state index in [-0.39, 0.29) is 0 Å². The Kier molecular flexibility index (Phi) is 4.61. The molecular formula is C23H27N5. The zero-order chi connectivity index (χ0) is 18.9. The van der Waals surface area contributed by atoms with Gasteiger partial charge in [0.1, 0.15) is 0 Å².